The van der Waals surface area contributed by atoms with Crippen LogP contribution in [0.4, 0.5) is 0 Å². The van der Waals surface area contributed by atoms with Gasteiger partial charge < -0.3 is 5.11 Å². The van der Waals surface area contributed by atoms with Crippen molar-refractivity contribution >= 4 is 27.9 Å². The Hall–Kier alpha value is -3.04. The fraction of sp³-hybridized carbons (Fsp3) is 0.423. The van der Waals surface area contributed by atoms with E-state index in [-0.39, 0.29) is 28.0 Å². The second kappa shape index (κ2) is 12.1. The molecule has 1 unspecified atom stereocenters. The highest BCUT2D eigenvalue weighted by molar-refractivity contribution is 7.85. The van der Waals surface area contributed by atoms with E-state index in [2.05, 4.69) is 0 Å². The third-order valence-corrected chi connectivity index (χ3v) is 7.24. The minimum absolute atomic E-state index is 0.199. The number of amides is 2. The minimum Gasteiger partial charge on any atom is -0.481 e. The van der Waals surface area contributed by atoms with Gasteiger partial charge in [-0.05, 0) is 36.6 Å². The van der Waals surface area contributed by atoms with Crippen molar-refractivity contribution < 1.29 is 32.5 Å². The molecule has 1 aliphatic heterocycles. The standard InChI is InChI=1S/C26H31NO7S/c28-24(29)18-8-6-4-2-1-3-5-7-16-22(21-15-11-12-17-23(21)35(32,33)34)27-25(30)19-13-9-10-14-20(19)26(27)31/h9-15,17,22H,1-8,16,18H2,(H,28,29)(H,32,33,34). The number of carboxylic acid groups (broad SMARTS) is 1. The van der Waals surface area contributed by atoms with E-state index < -0.39 is 33.9 Å². The van der Waals surface area contributed by atoms with E-state index in [0.29, 0.717) is 19.3 Å². The molecule has 0 fully saturated rings. The van der Waals surface area contributed by atoms with E-state index in [1.165, 1.54) is 18.2 Å². The largest absolute Gasteiger partial charge is 0.481 e. The fourth-order valence-corrected chi connectivity index (χ4v) is 5.33. The van der Waals surface area contributed by atoms with Gasteiger partial charge in [-0.2, -0.15) is 8.42 Å². The number of nitrogens with zero attached hydrogens (tertiary/aromatic N) is 1. The van der Waals surface area contributed by atoms with Gasteiger partial charge in [0.15, 0.2) is 0 Å². The maximum Gasteiger partial charge on any atom is 0.303 e. The van der Waals surface area contributed by atoms with Gasteiger partial charge in [0, 0.05) is 6.42 Å². The Balaban J connectivity index is 1.68. The predicted molar refractivity (Wildman–Crippen MR) is 130 cm³/mol. The first-order valence-electron chi connectivity index (χ1n) is 12.0. The molecular formula is C26H31NO7S. The normalized spacial score (nSPS) is 14.3. The summed E-state index contributed by atoms with van der Waals surface area (Å²) in [4.78, 5) is 37.6. The monoisotopic (exact) mass is 501 g/mol. The fourth-order valence-electron chi connectivity index (χ4n) is 4.58. The Bertz CT molecular complexity index is 1140. The predicted octanol–water partition coefficient (Wildman–Crippen LogP) is 5.26. The van der Waals surface area contributed by atoms with Crippen LogP contribution in [0.15, 0.2) is 53.4 Å². The molecule has 2 aromatic carbocycles. The van der Waals surface area contributed by atoms with Crippen molar-refractivity contribution in [3.8, 4) is 0 Å². The van der Waals surface area contributed by atoms with Gasteiger partial charge in [0.05, 0.1) is 22.1 Å². The molecule has 1 aliphatic rings. The van der Waals surface area contributed by atoms with Gasteiger partial charge in [-0.25, -0.2) is 0 Å². The molecule has 0 saturated carbocycles. The number of hydrogen-bond donors (Lipinski definition) is 2. The van der Waals surface area contributed by atoms with Crippen molar-refractivity contribution in [1.29, 1.82) is 0 Å². The molecule has 35 heavy (non-hydrogen) atoms. The first-order chi connectivity index (χ1) is 16.7. The lowest BCUT2D eigenvalue weighted by molar-refractivity contribution is -0.137. The lowest BCUT2D eigenvalue weighted by atomic mass is 9.97. The first kappa shape index (κ1) is 26.6. The maximum atomic E-state index is 13.1. The number of unbranched alkanes of at least 4 members (excludes halogenated alkanes) is 7. The van der Waals surface area contributed by atoms with Gasteiger partial charge in [0.25, 0.3) is 21.9 Å². The van der Waals surface area contributed by atoms with Crippen molar-refractivity contribution in [2.45, 2.75) is 75.1 Å². The summed E-state index contributed by atoms with van der Waals surface area (Å²) in [6, 6.07) is 11.6. The molecule has 2 N–H and O–H groups in total. The first-order valence-corrected chi connectivity index (χ1v) is 13.4. The van der Waals surface area contributed by atoms with Gasteiger partial charge >= 0.3 is 5.97 Å². The van der Waals surface area contributed by atoms with E-state index >= 15 is 0 Å². The quantitative estimate of drug-likeness (QED) is 0.205. The number of carboxylic acids is 1. The van der Waals surface area contributed by atoms with Crippen LogP contribution >= 0.6 is 0 Å². The summed E-state index contributed by atoms with van der Waals surface area (Å²) in [5.74, 6) is -1.71. The Morgan fingerprint density at radius 3 is 1.80 bits per heavy atom. The van der Waals surface area contributed by atoms with Crippen LogP contribution in [0.3, 0.4) is 0 Å². The van der Waals surface area contributed by atoms with Crippen LogP contribution in [0.25, 0.3) is 0 Å². The average Bonchev–Trinajstić information content (AvgIpc) is 3.07. The molecule has 188 valence electrons. The molecule has 0 aliphatic carbocycles. The molecule has 1 atom stereocenters. The lowest BCUT2D eigenvalue weighted by Crippen LogP contribution is -2.35. The number of aliphatic carboxylic acids is 1. The third kappa shape index (κ3) is 6.76. The molecule has 0 saturated heterocycles. The highest BCUT2D eigenvalue weighted by Gasteiger charge is 2.41. The zero-order valence-electron chi connectivity index (χ0n) is 19.6. The van der Waals surface area contributed by atoms with Gasteiger partial charge in [-0.15, -0.1) is 0 Å². The van der Waals surface area contributed by atoms with Crippen LogP contribution in [-0.2, 0) is 14.9 Å². The minimum atomic E-state index is -4.55. The Morgan fingerprint density at radius 1 is 0.771 bits per heavy atom. The van der Waals surface area contributed by atoms with Gasteiger partial charge in [0.2, 0.25) is 0 Å². The Kier molecular flexibility index (Phi) is 9.17. The Labute approximate surface area is 205 Å². The summed E-state index contributed by atoms with van der Waals surface area (Å²) in [5.41, 5.74) is 0.799. The van der Waals surface area contributed by atoms with E-state index in [0.717, 1.165) is 43.4 Å². The van der Waals surface area contributed by atoms with Crippen molar-refractivity contribution in [1.82, 2.24) is 4.90 Å². The van der Waals surface area contributed by atoms with Gasteiger partial charge in [0.1, 0.15) is 0 Å². The van der Waals surface area contributed by atoms with Crippen molar-refractivity contribution in [2.75, 3.05) is 0 Å². The van der Waals surface area contributed by atoms with Crippen LogP contribution in [0.2, 0.25) is 0 Å². The lowest BCUT2D eigenvalue weighted by Gasteiger charge is -2.28. The topological polar surface area (TPSA) is 129 Å². The van der Waals surface area contributed by atoms with E-state index in [4.69, 9.17) is 5.11 Å². The molecule has 0 spiro atoms. The summed E-state index contributed by atoms with van der Waals surface area (Å²) >= 11 is 0. The Morgan fingerprint density at radius 2 is 1.26 bits per heavy atom. The zero-order chi connectivity index (χ0) is 25.4. The van der Waals surface area contributed by atoms with Gasteiger partial charge in [-0.3, -0.25) is 23.8 Å². The molecule has 2 aromatic rings. The van der Waals surface area contributed by atoms with Crippen LogP contribution in [0.1, 0.15) is 96.5 Å². The van der Waals surface area contributed by atoms with E-state index in [1.54, 1.807) is 30.3 Å². The second-order valence-electron chi connectivity index (χ2n) is 8.82. The molecular weight excluding hydrogens is 470 g/mol. The highest BCUT2D eigenvalue weighted by atomic mass is 32.2. The summed E-state index contributed by atoms with van der Waals surface area (Å²) in [6.07, 6.45) is 7.56. The summed E-state index contributed by atoms with van der Waals surface area (Å²) < 4.78 is 33.9. The molecule has 0 bridgehead atoms. The van der Waals surface area contributed by atoms with Crippen molar-refractivity contribution in [3.63, 3.8) is 0 Å². The molecule has 0 radical (unpaired) electrons. The maximum absolute atomic E-state index is 13.1. The third-order valence-electron chi connectivity index (χ3n) is 6.31. The number of carbonyl (C=O) groups excluding carboxylic acids is 2. The van der Waals surface area contributed by atoms with E-state index in [1.807, 2.05) is 0 Å². The van der Waals surface area contributed by atoms with Gasteiger partial charge in [-0.1, -0.05) is 75.3 Å². The molecule has 2 amide bonds. The van der Waals surface area contributed by atoms with Crippen LogP contribution < -0.4 is 0 Å². The SMILES string of the molecule is O=C(O)CCCCCCCCCCC(c1ccccc1S(=O)(=O)O)N1C(=O)c2ccccc2C1=O. The number of benzene rings is 2. The summed E-state index contributed by atoms with van der Waals surface area (Å²) in [7, 11) is -4.55. The molecule has 1 heterocycles. The van der Waals surface area contributed by atoms with Crippen molar-refractivity contribution in [2.24, 2.45) is 0 Å². The number of imide groups is 1. The second-order valence-corrected chi connectivity index (χ2v) is 10.2. The number of hydrogen-bond acceptors (Lipinski definition) is 5. The molecule has 9 heteroatoms. The van der Waals surface area contributed by atoms with Crippen molar-refractivity contribution in [3.05, 3.63) is 65.2 Å². The van der Waals surface area contributed by atoms with Crippen LogP contribution in [-0.4, -0.2) is 40.8 Å². The summed E-state index contributed by atoms with van der Waals surface area (Å²) in [6.45, 7) is 0. The van der Waals surface area contributed by atoms with Crippen LogP contribution in [0, 0.1) is 0 Å². The van der Waals surface area contributed by atoms with Crippen LogP contribution in [0.5, 0.6) is 0 Å². The molecule has 3 rings (SSSR count). The van der Waals surface area contributed by atoms with E-state index in [9.17, 15) is 27.4 Å². The molecule has 0 aromatic heterocycles. The number of carbonyl (C=O) groups is 3. The number of rotatable bonds is 14. The molecule has 8 nitrogen and oxygen atoms in total. The number of fused-ring (bicyclic) bond motifs is 1. The highest BCUT2D eigenvalue weighted by Crippen LogP contribution is 2.37. The zero-order valence-corrected chi connectivity index (χ0v) is 20.4. The smallest absolute Gasteiger partial charge is 0.303 e. The average molecular weight is 502 g/mol. The summed E-state index contributed by atoms with van der Waals surface area (Å²) in [5, 5.41) is 8.67.